The lowest BCUT2D eigenvalue weighted by atomic mass is 10.1. The molecule has 0 aliphatic carbocycles. The lowest BCUT2D eigenvalue weighted by Gasteiger charge is -2.11. The summed E-state index contributed by atoms with van der Waals surface area (Å²) in [6.45, 7) is 3.99. The van der Waals surface area contributed by atoms with E-state index in [9.17, 15) is 20.2 Å². The second-order valence-electron chi connectivity index (χ2n) is 6.73. The van der Waals surface area contributed by atoms with E-state index in [-0.39, 0.29) is 11.5 Å². The van der Waals surface area contributed by atoms with E-state index < -0.39 is 21.2 Å². The fourth-order valence-corrected chi connectivity index (χ4v) is 2.91. The van der Waals surface area contributed by atoms with E-state index in [2.05, 4.69) is 4.99 Å². The lowest BCUT2D eigenvalue weighted by molar-refractivity contribution is -0.394. The van der Waals surface area contributed by atoms with Gasteiger partial charge in [-0.15, -0.1) is 0 Å². The van der Waals surface area contributed by atoms with E-state index >= 15 is 0 Å². The Kier molecular flexibility index (Phi) is 6.25. The van der Waals surface area contributed by atoms with Gasteiger partial charge in [-0.3, -0.25) is 25.2 Å². The average Bonchev–Trinajstić information content (AvgIpc) is 2.73. The molecule has 0 aliphatic rings. The summed E-state index contributed by atoms with van der Waals surface area (Å²) in [6, 6.07) is 14.1. The van der Waals surface area contributed by atoms with Crippen molar-refractivity contribution >= 4 is 23.3 Å². The van der Waals surface area contributed by atoms with Crippen LogP contribution in [0, 0.1) is 34.1 Å². The van der Waals surface area contributed by atoms with Crippen molar-refractivity contribution in [2.24, 2.45) is 4.99 Å². The zero-order valence-corrected chi connectivity index (χ0v) is 17.1. The van der Waals surface area contributed by atoms with Gasteiger partial charge in [0.15, 0.2) is 11.5 Å². The molecule has 158 valence electrons. The van der Waals surface area contributed by atoms with Gasteiger partial charge in [-0.05, 0) is 55.3 Å². The second-order valence-corrected chi connectivity index (χ2v) is 6.73. The van der Waals surface area contributed by atoms with Crippen molar-refractivity contribution in [3.8, 4) is 17.2 Å². The molecule has 0 saturated carbocycles. The lowest BCUT2D eigenvalue weighted by Crippen LogP contribution is -1.97. The molecule has 0 radical (unpaired) electrons. The maximum atomic E-state index is 11.3. The maximum Gasteiger partial charge on any atom is 0.318 e. The highest BCUT2D eigenvalue weighted by Crippen LogP contribution is 2.38. The molecular weight excluding hydrogens is 402 g/mol. The third-order valence-electron chi connectivity index (χ3n) is 4.46. The highest BCUT2D eigenvalue weighted by molar-refractivity contribution is 5.83. The molecular formula is C22H19N3O6. The summed E-state index contributed by atoms with van der Waals surface area (Å²) in [5.74, 6) is 0.422. The van der Waals surface area contributed by atoms with Crippen molar-refractivity contribution in [2.75, 3.05) is 7.11 Å². The first-order valence-electron chi connectivity index (χ1n) is 9.18. The minimum absolute atomic E-state index is 0.134. The number of nitrogens with zero attached hydrogens (tertiary/aromatic N) is 3. The molecule has 0 N–H and O–H groups in total. The molecule has 0 saturated heterocycles. The molecule has 31 heavy (non-hydrogen) atoms. The molecule has 0 fully saturated rings. The third kappa shape index (κ3) is 5.02. The van der Waals surface area contributed by atoms with Gasteiger partial charge in [0.25, 0.3) is 5.69 Å². The Morgan fingerprint density at radius 2 is 1.61 bits per heavy atom. The fourth-order valence-electron chi connectivity index (χ4n) is 2.91. The highest BCUT2D eigenvalue weighted by atomic mass is 16.6. The van der Waals surface area contributed by atoms with Crippen LogP contribution in [0.4, 0.5) is 17.1 Å². The van der Waals surface area contributed by atoms with Crippen LogP contribution >= 0.6 is 0 Å². The number of aryl methyl sites for hydroxylation is 2. The first kappa shape index (κ1) is 21.4. The van der Waals surface area contributed by atoms with Gasteiger partial charge in [-0.1, -0.05) is 17.7 Å². The van der Waals surface area contributed by atoms with Gasteiger partial charge in [0.2, 0.25) is 5.75 Å². The molecule has 9 nitrogen and oxygen atoms in total. The van der Waals surface area contributed by atoms with Crippen LogP contribution in [0.1, 0.15) is 16.7 Å². The Bertz CT molecular complexity index is 1190. The molecule has 0 heterocycles. The number of hydrogen-bond donors (Lipinski definition) is 0. The summed E-state index contributed by atoms with van der Waals surface area (Å²) >= 11 is 0. The fraction of sp³-hybridized carbons (Fsp3) is 0.136. The standard InChI is InChI=1S/C22H19N3O6/c1-14-4-7-18(15(2)10-14)23-13-16-5-8-21(22(11-16)30-3)31-20-9-6-17(24(26)27)12-19(20)25(28)29/h4-13H,1-3H3. The summed E-state index contributed by atoms with van der Waals surface area (Å²) in [7, 11) is 1.44. The maximum absolute atomic E-state index is 11.3. The van der Waals surface area contributed by atoms with E-state index in [1.807, 2.05) is 32.0 Å². The summed E-state index contributed by atoms with van der Waals surface area (Å²) < 4.78 is 11.0. The Morgan fingerprint density at radius 3 is 2.26 bits per heavy atom. The number of nitro benzene ring substituents is 2. The summed E-state index contributed by atoms with van der Waals surface area (Å²) in [5.41, 5.74) is 2.86. The minimum Gasteiger partial charge on any atom is -0.493 e. The Morgan fingerprint density at radius 1 is 0.871 bits per heavy atom. The monoisotopic (exact) mass is 421 g/mol. The first-order chi connectivity index (χ1) is 14.8. The van der Waals surface area contributed by atoms with Gasteiger partial charge in [-0.2, -0.15) is 0 Å². The number of benzene rings is 3. The molecule has 0 aromatic heterocycles. The van der Waals surface area contributed by atoms with Crippen LogP contribution in [0.3, 0.4) is 0 Å². The topological polar surface area (TPSA) is 117 Å². The molecule has 0 spiro atoms. The predicted molar refractivity (Wildman–Crippen MR) is 116 cm³/mol. The molecule has 3 rings (SSSR count). The Hall–Kier alpha value is -4.27. The SMILES string of the molecule is COc1cc(C=Nc2ccc(C)cc2C)ccc1Oc1ccc([N+](=O)[O-])cc1[N+](=O)[O-]. The third-order valence-corrected chi connectivity index (χ3v) is 4.46. The highest BCUT2D eigenvalue weighted by Gasteiger charge is 2.22. The Balaban J connectivity index is 1.89. The van der Waals surface area contributed by atoms with E-state index in [4.69, 9.17) is 9.47 Å². The number of ether oxygens (including phenoxy) is 2. The molecule has 0 aliphatic heterocycles. The molecule has 0 atom stereocenters. The van der Waals surface area contributed by atoms with Crippen LogP contribution in [0.2, 0.25) is 0 Å². The first-order valence-corrected chi connectivity index (χ1v) is 9.18. The molecule has 9 heteroatoms. The summed E-state index contributed by atoms with van der Waals surface area (Å²) in [5, 5.41) is 22.2. The number of non-ortho nitro benzene ring substituents is 1. The van der Waals surface area contributed by atoms with Crippen molar-refractivity contribution in [1.82, 2.24) is 0 Å². The normalized spacial score (nSPS) is 10.8. The number of aliphatic imine (C=N–C) groups is 1. The van der Waals surface area contributed by atoms with Crippen molar-refractivity contribution in [3.05, 3.63) is 91.5 Å². The predicted octanol–water partition coefficient (Wildman–Crippen LogP) is 5.67. The van der Waals surface area contributed by atoms with Gasteiger partial charge >= 0.3 is 5.69 Å². The minimum atomic E-state index is -0.736. The largest absolute Gasteiger partial charge is 0.493 e. The van der Waals surface area contributed by atoms with Crippen LogP contribution in [-0.4, -0.2) is 23.2 Å². The zero-order chi connectivity index (χ0) is 22.5. The second kappa shape index (κ2) is 9.04. The summed E-state index contributed by atoms with van der Waals surface area (Å²) in [4.78, 5) is 25.3. The number of nitro groups is 2. The number of rotatable bonds is 7. The van der Waals surface area contributed by atoms with Crippen LogP contribution in [0.15, 0.2) is 59.6 Å². The zero-order valence-electron chi connectivity index (χ0n) is 17.1. The molecule has 0 unspecified atom stereocenters. The van der Waals surface area contributed by atoms with E-state index in [1.165, 1.54) is 13.2 Å². The quantitative estimate of drug-likeness (QED) is 0.275. The van der Waals surface area contributed by atoms with Crippen molar-refractivity contribution in [1.29, 1.82) is 0 Å². The van der Waals surface area contributed by atoms with Crippen LogP contribution in [0.5, 0.6) is 17.2 Å². The van der Waals surface area contributed by atoms with Crippen molar-refractivity contribution < 1.29 is 19.3 Å². The number of methoxy groups -OCH3 is 1. The molecule has 0 amide bonds. The van der Waals surface area contributed by atoms with Gasteiger partial charge in [0.1, 0.15) is 0 Å². The van der Waals surface area contributed by atoms with E-state index in [0.717, 1.165) is 34.5 Å². The summed E-state index contributed by atoms with van der Waals surface area (Å²) in [6.07, 6.45) is 1.68. The van der Waals surface area contributed by atoms with E-state index in [1.54, 1.807) is 24.4 Å². The van der Waals surface area contributed by atoms with Crippen LogP contribution in [0.25, 0.3) is 0 Å². The molecule has 0 bridgehead atoms. The van der Waals surface area contributed by atoms with Crippen LogP contribution < -0.4 is 9.47 Å². The van der Waals surface area contributed by atoms with Gasteiger partial charge in [0.05, 0.1) is 28.7 Å². The Labute approximate surface area is 177 Å². The van der Waals surface area contributed by atoms with Gasteiger partial charge < -0.3 is 9.47 Å². The molecule has 3 aromatic rings. The molecule has 3 aromatic carbocycles. The smallest absolute Gasteiger partial charge is 0.318 e. The van der Waals surface area contributed by atoms with Gasteiger partial charge in [-0.25, -0.2) is 0 Å². The van der Waals surface area contributed by atoms with Crippen LogP contribution in [-0.2, 0) is 0 Å². The van der Waals surface area contributed by atoms with Crippen molar-refractivity contribution in [2.45, 2.75) is 13.8 Å². The van der Waals surface area contributed by atoms with E-state index in [0.29, 0.717) is 5.75 Å². The number of hydrogen-bond acceptors (Lipinski definition) is 7. The average molecular weight is 421 g/mol. The van der Waals surface area contributed by atoms with Crippen molar-refractivity contribution in [3.63, 3.8) is 0 Å². The van der Waals surface area contributed by atoms with Gasteiger partial charge in [0, 0.05) is 12.3 Å².